The predicted molar refractivity (Wildman–Crippen MR) is 104 cm³/mol. The first-order valence-corrected chi connectivity index (χ1v) is 9.45. The van der Waals surface area contributed by atoms with E-state index in [1.807, 2.05) is 47.4 Å². The molecule has 2 heterocycles. The lowest BCUT2D eigenvalue weighted by molar-refractivity contribution is -0.128. The second-order valence-electron chi connectivity index (χ2n) is 7.25. The van der Waals surface area contributed by atoms with Crippen molar-refractivity contribution in [3.8, 4) is 5.75 Å². The fourth-order valence-corrected chi connectivity index (χ4v) is 4.02. The lowest BCUT2D eigenvalue weighted by Crippen LogP contribution is -2.40. The summed E-state index contributed by atoms with van der Waals surface area (Å²) < 4.78 is 5.17. The summed E-state index contributed by atoms with van der Waals surface area (Å²) >= 11 is 0. The number of nitrogens with zero attached hydrogens (tertiary/aromatic N) is 2. The highest BCUT2D eigenvalue weighted by Gasteiger charge is 2.37. The normalized spacial score (nSPS) is 19.1. The van der Waals surface area contributed by atoms with Crippen LogP contribution in [0.2, 0.25) is 0 Å². The van der Waals surface area contributed by atoms with Gasteiger partial charge in [-0.3, -0.25) is 9.59 Å². The number of anilines is 1. The molecule has 1 fully saturated rings. The zero-order chi connectivity index (χ0) is 18.8. The van der Waals surface area contributed by atoms with E-state index >= 15 is 0 Å². The largest absolute Gasteiger partial charge is 0.497 e. The van der Waals surface area contributed by atoms with E-state index in [0.29, 0.717) is 19.5 Å². The van der Waals surface area contributed by atoms with Gasteiger partial charge < -0.3 is 14.5 Å². The van der Waals surface area contributed by atoms with Gasteiger partial charge in [0, 0.05) is 31.7 Å². The van der Waals surface area contributed by atoms with E-state index in [-0.39, 0.29) is 17.7 Å². The van der Waals surface area contributed by atoms with Crippen LogP contribution in [0.4, 0.5) is 5.69 Å². The Morgan fingerprint density at radius 2 is 1.93 bits per heavy atom. The molecule has 0 aliphatic carbocycles. The third-order valence-electron chi connectivity index (χ3n) is 5.47. The van der Waals surface area contributed by atoms with Crippen LogP contribution in [0.3, 0.4) is 0 Å². The van der Waals surface area contributed by atoms with E-state index in [2.05, 4.69) is 6.07 Å². The number of hydrogen-bond acceptors (Lipinski definition) is 3. The Morgan fingerprint density at radius 3 is 2.70 bits per heavy atom. The molecule has 0 bridgehead atoms. The maximum atomic E-state index is 13.1. The summed E-state index contributed by atoms with van der Waals surface area (Å²) in [6.45, 7) is 1.75. The van der Waals surface area contributed by atoms with Crippen LogP contribution in [-0.4, -0.2) is 36.9 Å². The molecule has 2 aliphatic rings. The van der Waals surface area contributed by atoms with Gasteiger partial charge in [0.2, 0.25) is 11.8 Å². The number of carbonyl (C=O) groups is 2. The predicted octanol–water partition coefficient (Wildman–Crippen LogP) is 3.02. The Morgan fingerprint density at radius 1 is 1.15 bits per heavy atom. The van der Waals surface area contributed by atoms with Gasteiger partial charge in [-0.25, -0.2) is 0 Å². The fourth-order valence-electron chi connectivity index (χ4n) is 4.02. The summed E-state index contributed by atoms with van der Waals surface area (Å²) in [4.78, 5) is 29.3. The number of fused-ring (bicyclic) bond motifs is 1. The first-order valence-electron chi connectivity index (χ1n) is 9.45. The summed E-state index contributed by atoms with van der Waals surface area (Å²) in [6, 6.07) is 15.8. The molecule has 0 aromatic heterocycles. The molecule has 2 aromatic rings. The van der Waals surface area contributed by atoms with Crippen molar-refractivity contribution in [2.75, 3.05) is 25.1 Å². The van der Waals surface area contributed by atoms with Gasteiger partial charge in [0.15, 0.2) is 0 Å². The minimum absolute atomic E-state index is 0.0504. The monoisotopic (exact) mass is 364 g/mol. The fraction of sp³-hybridized carbons (Fsp3) is 0.364. The van der Waals surface area contributed by atoms with Crippen molar-refractivity contribution in [1.29, 1.82) is 0 Å². The number of likely N-dealkylation sites (tertiary alicyclic amines) is 1. The molecule has 4 rings (SSSR count). The smallest absolute Gasteiger partial charge is 0.232 e. The van der Waals surface area contributed by atoms with Crippen molar-refractivity contribution >= 4 is 17.5 Å². The van der Waals surface area contributed by atoms with Crippen molar-refractivity contribution in [2.45, 2.75) is 25.8 Å². The number of carbonyl (C=O) groups excluding carboxylic acids is 2. The molecule has 2 aliphatic heterocycles. The number of benzene rings is 2. The molecule has 1 atom stereocenters. The summed E-state index contributed by atoms with van der Waals surface area (Å²) in [7, 11) is 1.63. The number of hydrogen-bond donors (Lipinski definition) is 0. The van der Waals surface area contributed by atoms with Crippen LogP contribution < -0.4 is 9.64 Å². The van der Waals surface area contributed by atoms with Crippen molar-refractivity contribution in [2.24, 2.45) is 5.92 Å². The van der Waals surface area contributed by atoms with Gasteiger partial charge in [-0.2, -0.15) is 0 Å². The van der Waals surface area contributed by atoms with E-state index in [0.717, 1.165) is 36.4 Å². The number of methoxy groups -OCH3 is 1. The molecule has 140 valence electrons. The minimum Gasteiger partial charge on any atom is -0.497 e. The Hall–Kier alpha value is -2.82. The summed E-state index contributed by atoms with van der Waals surface area (Å²) in [5.74, 6) is 0.660. The zero-order valence-electron chi connectivity index (χ0n) is 15.6. The number of rotatable bonds is 4. The van der Waals surface area contributed by atoms with Gasteiger partial charge in [0.05, 0.1) is 13.0 Å². The topological polar surface area (TPSA) is 49.9 Å². The van der Waals surface area contributed by atoms with Crippen molar-refractivity contribution in [1.82, 2.24) is 4.90 Å². The molecule has 2 amide bonds. The van der Waals surface area contributed by atoms with Crippen LogP contribution in [0.1, 0.15) is 24.0 Å². The lowest BCUT2D eigenvalue weighted by atomic mass is 9.99. The molecule has 5 heteroatoms. The first-order chi connectivity index (χ1) is 13.2. The molecule has 0 saturated carbocycles. The minimum atomic E-state index is -0.262. The van der Waals surface area contributed by atoms with E-state index < -0.39 is 0 Å². The van der Waals surface area contributed by atoms with Gasteiger partial charge >= 0.3 is 0 Å². The standard InChI is InChI=1S/C22H24N2O3/c1-27-19-10-8-16(9-11-19)14-23-15-18(13-21(23)25)22(26)24-12-4-6-17-5-2-3-7-20(17)24/h2-3,5,7-11,18H,4,6,12-15H2,1H3. The molecular formula is C22H24N2O3. The molecule has 1 unspecified atom stereocenters. The average molecular weight is 364 g/mol. The van der Waals surface area contributed by atoms with Crippen molar-refractivity contribution in [3.63, 3.8) is 0 Å². The van der Waals surface area contributed by atoms with Crippen molar-refractivity contribution < 1.29 is 14.3 Å². The highest BCUT2D eigenvalue weighted by molar-refractivity contribution is 5.99. The Labute approximate surface area is 159 Å². The highest BCUT2D eigenvalue weighted by Crippen LogP contribution is 2.30. The number of para-hydroxylation sites is 1. The quantitative estimate of drug-likeness (QED) is 0.838. The molecule has 1 saturated heterocycles. The number of ether oxygens (including phenoxy) is 1. The van der Waals surface area contributed by atoms with Crippen LogP contribution in [0.25, 0.3) is 0 Å². The third-order valence-corrected chi connectivity index (χ3v) is 5.47. The van der Waals surface area contributed by atoms with Gasteiger partial charge in [0.1, 0.15) is 5.75 Å². The summed E-state index contributed by atoms with van der Waals surface area (Å²) in [5.41, 5.74) is 3.27. The second kappa shape index (κ2) is 7.43. The van der Waals surface area contributed by atoms with Gasteiger partial charge in [-0.1, -0.05) is 30.3 Å². The lowest BCUT2D eigenvalue weighted by Gasteiger charge is -2.31. The molecule has 0 radical (unpaired) electrons. The third kappa shape index (κ3) is 3.54. The average Bonchev–Trinajstić information content (AvgIpc) is 3.08. The number of amides is 2. The Bertz CT molecular complexity index is 847. The maximum Gasteiger partial charge on any atom is 0.232 e. The first kappa shape index (κ1) is 17.6. The molecular weight excluding hydrogens is 340 g/mol. The Balaban J connectivity index is 1.45. The van der Waals surface area contributed by atoms with E-state index in [9.17, 15) is 9.59 Å². The molecule has 5 nitrogen and oxygen atoms in total. The van der Waals surface area contributed by atoms with E-state index in [1.54, 1.807) is 12.0 Å². The SMILES string of the molecule is COc1ccc(CN2CC(C(=O)N3CCCc4ccccc43)CC2=O)cc1. The van der Waals surface area contributed by atoms with Crippen molar-refractivity contribution in [3.05, 3.63) is 59.7 Å². The molecule has 0 spiro atoms. The van der Waals surface area contributed by atoms with Gasteiger partial charge in [0.25, 0.3) is 0 Å². The van der Waals surface area contributed by atoms with Crippen LogP contribution in [0.15, 0.2) is 48.5 Å². The van der Waals surface area contributed by atoms with Gasteiger partial charge in [-0.05, 0) is 42.2 Å². The second-order valence-corrected chi connectivity index (χ2v) is 7.25. The summed E-state index contributed by atoms with van der Waals surface area (Å²) in [6.07, 6.45) is 2.28. The van der Waals surface area contributed by atoms with Crippen LogP contribution in [-0.2, 0) is 22.6 Å². The Kier molecular flexibility index (Phi) is 4.84. The molecule has 0 N–H and O–H groups in total. The van der Waals surface area contributed by atoms with Crippen LogP contribution >= 0.6 is 0 Å². The number of aryl methyl sites for hydroxylation is 1. The zero-order valence-corrected chi connectivity index (χ0v) is 15.6. The van der Waals surface area contributed by atoms with E-state index in [1.165, 1.54) is 5.56 Å². The molecule has 2 aromatic carbocycles. The maximum absolute atomic E-state index is 13.1. The van der Waals surface area contributed by atoms with Crippen LogP contribution in [0, 0.1) is 5.92 Å². The summed E-state index contributed by atoms with van der Waals surface area (Å²) in [5, 5.41) is 0. The van der Waals surface area contributed by atoms with Gasteiger partial charge in [-0.15, -0.1) is 0 Å². The molecule has 27 heavy (non-hydrogen) atoms. The van der Waals surface area contributed by atoms with Crippen LogP contribution in [0.5, 0.6) is 5.75 Å². The van der Waals surface area contributed by atoms with E-state index in [4.69, 9.17) is 4.74 Å². The highest BCUT2D eigenvalue weighted by atomic mass is 16.5.